The van der Waals surface area contributed by atoms with Gasteiger partial charge < -0.3 is 13.9 Å². The zero-order valence-corrected chi connectivity index (χ0v) is 11.4. The average molecular weight is 283 g/mol. The maximum absolute atomic E-state index is 11.9. The van der Waals surface area contributed by atoms with Gasteiger partial charge in [0.15, 0.2) is 12.0 Å². The number of oxazole rings is 1. The van der Waals surface area contributed by atoms with Gasteiger partial charge in [-0.25, -0.2) is 4.98 Å². The number of fused-ring (bicyclic) bond motifs is 1. The van der Waals surface area contributed by atoms with Crippen LogP contribution in [0, 0.1) is 0 Å². The van der Waals surface area contributed by atoms with E-state index in [1.54, 1.807) is 25.3 Å². The van der Waals surface area contributed by atoms with Crippen molar-refractivity contribution in [3.63, 3.8) is 0 Å². The molecule has 0 spiro atoms. The molecule has 2 aromatic carbocycles. The van der Waals surface area contributed by atoms with E-state index in [1.807, 2.05) is 24.3 Å². The van der Waals surface area contributed by atoms with E-state index in [2.05, 4.69) is 4.98 Å². The highest BCUT2D eigenvalue weighted by molar-refractivity contribution is 5.78. The topological polar surface area (TPSA) is 61.6 Å². The van der Waals surface area contributed by atoms with Crippen molar-refractivity contribution >= 4 is 17.1 Å². The van der Waals surface area contributed by atoms with E-state index in [0.29, 0.717) is 16.8 Å². The molecule has 106 valence electrons. The summed E-state index contributed by atoms with van der Waals surface area (Å²) >= 11 is 0. The number of benzene rings is 2. The van der Waals surface area contributed by atoms with Gasteiger partial charge in [0.2, 0.25) is 0 Å². The summed E-state index contributed by atoms with van der Waals surface area (Å²) in [5.41, 5.74) is 2.18. The first kappa shape index (κ1) is 13.2. The van der Waals surface area contributed by atoms with Crippen LogP contribution in [0.3, 0.4) is 0 Å². The van der Waals surface area contributed by atoms with Crippen molar-refractivity contribution in [1.29, 1.82) is 0 Å². The van der Waals surface area contributed by atoms with Crippen LogP contribution >= 0.6 is 0 Å². The first-order chi connectivity index (χ1) is 10.2. The van der Waals surface area contributed by atoms with Gasteiger partial charge in [-0.15, -0.1) is 0 Å². The van der Waals surface area contributed by atoms with E-state index in [1.165, 1.54) is 6.39 Å². The summed E-state index contributed by atoms with van der Waals surface area (Å²) in [7, 11) is 1.60. The number of ether oxygens (including phenoxy) is 2. The minimum absolute atomic E-state index is 0.195. The van der Waals surface area contributed by atoms with Gasteiger partial charge in [-0.1, -0.05) is 12.1 Å². The Balaban J connectivity index is 1.67. The van der Waals surface area contributed by atoms with E-state index >= 15 is 0 Å². The molecule has 0 aliphatic carbocycles. The van der Waals surface area contributed by atoms with Gasteiger partial charge in [0, 0.05) is 6.07 Å². The lowest BCUT2D eigenvalue weighted by Gasteiger charge is -2.05. The number of aromatic nitrogens is 1. The number of hydrogen-bond donors (Lipinski definition) is 0. The maximum Gasteiger partial charge on any atom is 0.315 e. The largest absolute Gasteiger partial charge is 0.497 e. The zero-order chi connectivity index (χ0) is 14.7. The number of carbonyl (C=O) groups excluding carboxylic acids is 1. The second-order valence-electron chi connectivity index (χ2n) is 4.48. The third-order valence-corrected chi connectivity index (χ3v) is 3.04. The second kappa shape index (κ2) is 5.66. The Labute approximate surface area is 121 Å². The van der Waals surface area contributed by atoms with Gasteiger partial charge in [0.05, 0.1) is 13.5 Å². The highest BCUT2D eigenvalue weighted by Gasteiger charge is 2.08. The van der Waals surface area contributed by atoms with Crippen LogP contribution in [-0.4, -0.2) is 18.1 Å². The van der Waals surface area contributed by atoms with Crippen LogP contribution < -0.4 is 9.47 Å². The Morgan fingerprint density at radius 1 is 1.14 bits per heavy atom. The third kappa shape index (κ3) is 3.02. The van der Waals surface area contributed by atoms with Crippen LogP contribution in [0.25, 0.3) is 11.1 Å². The molecular formula is C16H13NO4. The summed E-state index contributed by atoms with van der Waals surface area (Å²) in [4.78, 5) is 15.9. The molecule has 0 aliphatic heterocycles. The van der Waals surface area contributed by atoms with Crippen molar-refractivity contribution in [3.8, 4) is 11.5 Å². The normalized spacial score (nSPS) is 10.5. The predicted molar refractivity (Wildman–Crippen MR) is 76.3 cm³/mol. The predicted octanol–water partition coefficient (Wildman–Crippen LogP) is 2.98. The molecule has 5 heteroatoms. The molecule has 1 aromatic heterocycles. The molecule has 5 nitrogen and oxygen atoms in total. The lowest BCUT2D eigenvalue weighted by Crippen LogP contribution is -2.11. The van der Waals surface area contributed by atoms with Gasteiger partial charge in [0.25, 0.3) is 0 Å². The van der Waals surface area contributed by atoms with E-state index < -0.39 is 0 Å². The van der Waals surface area contributed by atoms with Crippen molar-refractivity contribution in [2.45, 2.75) is 6.42 Å². The first-order valence-electron chi connectivity index (χ1n) is 6.41. The summed E-state index contributed by atoms with van der Waals surface area (Å²) in [6.07, 6.45) is 1.55. The summed E-state index contributed by atoms with van der Waals surface area (Å²) < 4.78 is 15.5. The fourth-order valence-electron chi connectivity index (χ4n) is 1.98. The molecule has 0 saturated heterocycles. The number of rotatable bonds is 4. The fraction of sp³-hybridized carbons (Fsp3) is 0.125. The van der Waals surface area contributed by atoms with Crippen molar-refractivity contribution in [1.82, 2.24) is 4.98 Å². The van der Waals surface area contributed by atoms with E-state index in [9.17, 15) is 4.79 Å². The number of hydrogen-bond acceptors (Lipinski definition) is 5. The minimum atomic E-state index is -0.331. The third-order valence-electron chi connectivity index (χ3n) is 3.04. The van der Waals surface area contributed by atoms with Crippen LogP contribution in [0.2, 0.25) is 0 Å². The van der Waals surface area contributed by atoms with Crippen molar-refractivity contribution in [3.05, 3.63) is 54.4 Å². The number of methoxy groups -OCH3 is 1. The van der Waals surface area contributed by atoms with Gasteiger partial charge >= 0.3 is 5.97 Å². The highest BCUT2D eigenvalue weighted by atomic mass is 16.5. The Kier molecular flexibility index (Phi) is 3.55. The molecule has 0 aliphatic rings. The number of esters is 1. The van der Waals surface area contributed by atoms with Gasteiger partial charge in [-0.05, 0) is 29.8 Å². The Bertz CT molecular complexity index is 761. The molecule has 3 aromatic rings. The molecule has 3 rings (SSSR count). The molecule has 0 fully saturated rings. The highest BCUT2D eigenvalue weighted by Crippen LogP contribution is 2.20. The molecule has 0 radical (unpaired) electrons. The van der Waals surface area contributed by atoms with E-state index in [4.69, 9.17) is 13.9 Å². The van der Waals surface area contributed by atoms with Crippen LogP contribution in [0.15, 0.2) is 53.3 Å². The smallest absolute Gasteiger partial charge is 0.315 e. The van der Waals surface area contributed by atoms with Gasteiger partial charge in [-0.3, -0.25) is 4.79 Å². The molecule has 21 heavy (non-hydrogen) atoms. The molecule has 0 unspecified atom stereocenters. The number of nitrogens with zero attached hydrogens (tertiary/aromatic N) is 1. The van der Waals surface area contributed by atoms with Crippen LogP contribution in [0.1, 0.15) is 5.56 Å². The number of carbonyl (C=O) groups is 1. The summed E-state index contributed by atoms with van der Waals surface area (Å²) in [6.45, 7) is 0. The molecule has 0 amide bonds. The zero-order valence-electron chi connectivity index (χ0n) is 11.4. The van der Waals surface area contributed by atoms with Gasteiger partial charge in [0.1, 0.15) is 17.0 Å². The minimum Gasteiger partial charge on any atom is -0.497 e. The molecular weight excluding hydrogens is 270 g/mol. The molecule has 1 heterocycles. The van der Waals surface area contributed by atoms with Crippen LogP contribution in [0.5, 0.6) is 11.5 Å². The van der Waals surface area contributed by atoms with E-state index in [0.717, 1.165) is 11.3 Å². The Morgan fingerprint density at radius 3 is 2.67 bits per heavy atom. The lowest BCUT2D eigenvalue weighted by molar-refractivity contribution is -0.133. The van der Waals surface area contributed by atoms with Gasteiger partial charge in [-0.2, -0.15) is 0 Å². The Hall–Kier alpha value is -2.82. The molecule has 0 atom stereocenters. The standard InChI is InChI=1S/C16H13NO4/c1-19-12-4-2-11(3-5-12)8-16(18)21-13-6-7-15-14(9-13)17-10-20-15/h2-7,9-10H,8H2,1H3. The molecule has 0 N–H and O–H groups in total. The SMILES string of the molecule is COc1ccc(CC(=O)Oc2ccc3ocnc3c2)cc1. The van der Waals surface area contributed by atoms with Crippen molar-refractivity contribution < 1.29 is 18.7 Å². The summed E-state index contributed by atoms with van der Waals surface area (Å²) in [6, 6.07) is 12.4. The quantitative estimate of drug-likeness (QED) is 0.544. The monoisotopic (exact) mass is 283 g/mol. The molecule has 0 bridgehead atoms. The van der Waals surface area contributed by atoms with Crippen molar-refractivity contribution in [2.24, 2.45) is 0 Å². The van der Waals surface area contributed by atoms with Crippen molar-refractivity contribution in [2.75, 3.05) is 7.11 Å². The summed E-state index contributed by atoms with van der Waals surface area (Å²) in [5, 5.41) is 0. The van der Waals surface area contributed by atoms with Crippen LogP contribution in [0.4, 0.5) is 0 Å². The van der Waals surface area contributed by atoms with Crippen LogP contribution in [-0.2, 0) is 11.2 Å². The first-order valence-corrected chi connectivity index (χ1v) is 6.41. The molecule has 0 saturated carbocycles. The second-order valence-corrected chi connectivity index (χ2v) is 4.48. The Morgan fingerprint density at radius 2 is 1.90 bits per heavy atom. The van der Waals surface area contributed by atoms with E-state index in [-0.39, 0.29) is 12.4 Å². The average Bonchev–Trinajstić information content (AvgIpc) is 2.95. The maximum atomic E-state index is 11.9. The fourth-order valence-corrected chi connectivity index (χ4v) is 1.98. The summed E-state index contributed by atoms with van der Waals surface area (Å²) in [5.74, 6) is 0.876. The lowest BCUT2D eigenvalue weighted by atomic mass is 10.1.